The fraction of sp³-hybridized carbons (Fsp3) is 0.588. The first kappa shape index (κ1) is 22.5. The lowest BCUT2D eigenvalue weighted by Gasteiger charge is -2.38. The van der Waals surface area contributed by atoms with E-state index in [4.69, 9.17) is 10.5 Å². The van der Waals surface area contributed by atoms with Gasteiger partial charge in [-0.25, -0.2) is 0 Å². The van der Waals surface area contributed by atoms with Gasteiger partial charge in [0.1, 0.15) is 0 Å². The van der Waals surface area contributed by atoms with Crippen molar-refractivity contribution in [3.05, 3.63) is 33.9 Å². The first-order valence-electron chi connectivity index (χ1n) is 8.38. The number of nitrogens with two attached hydrogens (primary N) is 1. The SMILES string of the molecule is COc1ccc(CSCC(=O)N2CCCCC2C(C)N)cc1[N+](=O)[O-].Cl. The molecule has 2 atom stereocenters. The number of thioether (sulfide) groups is 1. The lowest BCUT2D eigenvalue weighted by Crippen LogP contribution is -2.52. The first-order valence-corrected chi connectivity index (χ1v) is 9.53. The molecule has 146 valence electrons. The Morgan fingerprint density at radius 2 is 2.23 bits per heavy atom. The average Bonchev–Trinajstić information content (AvgIpc) is 2.61. The number of hydrogen-bond acceptors (Lipinski definition) is 6. The molecule has 1 heterocycles. The van der Waals surface area contributed by atoms with Crippen molar-refractivity contribution < 1.29 is 14.5 Å². The van der Waals surface area contributed by atoms with E-state index in [1.165, 1.54) is 24.9 Å². The largest absolute Gasteiger partial charge is 0.490 e. The summed E-state index contributed by atoms with van der Waals surface area (Å²) in [5.41, 5.74) is 6.75. The lowest BCUT2D eigenvalue weighted by molar-refractivity contribution is -0.385. The highest BCUT2D eigenvalue weighted by molar-refractivity contribution is 7.99. The summed E-state index contributed by atoms with van der Waals surface area (Å²) in [6, 6.07) is 4.96. The molecule has 1 fully saturated rings. The van der Waals surface area contributed by atoms with Gasteiger partial charge in [0.25, 0.3) is 0 Å². The maximum Gasteiger partial charge on any atom is 0.311 e. The standard InChI is InChI=1S/C17H25N3O4S.ClH/c1-12(18)14-5-3-4-8-19(14)17(21)11-25-10-13-6-7-16(24-2)15(9-13)20(22)23;/h6-7,9,12,14H,3-5,8,10-11,18H2,1-2H3;1H. The van der Waals surface area contributed by atoms with Gasteiger partial charge in [-0.2, -0.15) is 0 Å². The van der Waals surface area contributed by atoms with Crippen LogP contribution in [-0.2, 0) is 10.5 Å². The van der Waals surface area contributed by atoms with Gasteiger partial charge in [-0.05, 0) is 37.8 Å². The van der Waals surface area contributed by atoms with Crippen molar-refractivity contribution in [3.8, 4) is 5.75 Å². The predicted molar refractivity (Wildman–Crippen MR) is 106 cm³/mol. The quantitative estimate of drug-likeness (QED) is 0.555. The van der Waals surface area contributed by atoms with E-state index in [1.807, 2.05) is 11.8 Å². The van der Waals surface area contributed by atoms with Crippen molar-refractivity contribution in [1.29, 1.82) is 0 Å². The third-order valence-corrected chi connectivity index (χ3v) is 5.40. The number of benzene rings is 1. The molecule has 0 aliphatic carbocycles. The van der Waals surface area contributed by atoms with Crippen molar-refractivity contribution in [3.63, 3.8) is 0 Å². The summed E-state index contributed by atoms with van der Waals surface area (Å²) in [4.78, 5) is 25.0. The van der Waals surface area contributed by atoms with Crippen molar-refractivity contribution >= 4 is 35.8 Å². The van der Waals surface area contributed by atoms with Crippen molar-refractivity contribution in [2.24, 2.45) is 5.73 Å². The van der Waals surface area contributed by atoms with Gasteiger partial charge in [0.05, 0.1) is 17.8 Å². The van der Waals surface area contributed by atoms with Gasteiger partial charge in [0.15, 0.2) is 5.75 Å². The van der Waals surface area contributed by atoms with E-state index >= 15 is 0 Å². The molecule has 2 unspecified atom stereocenters. The van der Waals surface area contributed by atoms with Crippen LogP contribution < -0.4 is 10.5 Å². The van der Waals surface area contributed by atoms with Crippen molar-refractivity contribution in [2.45, 2.75) is 44.0 Å². The Kier molecular flexibility index (Phi) is 9.18. The summed E-state index contributed by atoms with van der Waals surface area (Å²) in [5.74, 6) is 1.22. The summed E-state index contributed by atoms with van der Waals surface area (Å²) in [5, 5.41) is 11.1. The zero-order chi connectivity index (χ0) is 18.4. The van der Waals surface area contributed by atoms with Crippen LogP contribution in [0, 0.1) is 10.1 Å². The van der Waals surface area contributed by atoms with E-state index in [2.05, 4.69) is 0 Å². The second kappa shape index (κ2) is 10.6. The molecule has 0 spiro atoms. The van der Waals surface area contributed by atoms with Crippen molar-refractivity contribution in [1.82, 2.24) is 4.90 Å². The summed E-state index contributed by atoms with van der Waals surface area (Å²) >= 11 is 1.46. The van der Waals surface area contributed by atoms with Crippen LogP contribution >= 0.6 is 24.2 Å². The molecule has 0 aromatic heterocycles. The van der Waals surface area contributed by atoms with E-state index in [0.29, 0.717) is 11.5 Å². The van der Waals surface area contributed by atoms with Crippen LogP contribution in [0.25, 0.3) is 0 Å². The van der Waals surface area contributed by atoms with Crippen molar-refractivity contribution in [2.75, 3.05) is 19.4 Å². The van der Waals surface area contributed by atoms with E-state index < -0.39 is 4.92 Å². The maximum absolute atomic E-state index is 12.5. The highest BCUT2D eigenvalue weighted by Gasteiger charge is 2.28. The molecule has 0 saturated carbocycles. The second-order valence-corrected chi connectivity index (χ2v) is 7.25. The molecule has 1 aliphatic heterocycles. The first-order chi connectivity index (χ1) is 11.9. The van der Waals surface area contributed by atoms with Gasteiger partial charge in [-0.15, -0.1) is 24.2 Å². The number of nitro benzene ring substituents is 1. The number of piperidine rings is 1. The average molecular weight is 404 g/mol. The zero-order valence-corrected chi connectivity index (χ0v) is 16.7. The van der Waals surface area contributed by atoms with E-state index in [0.717, 1.165) is 31.4 Å². The van der Waals surface area contributed by atoms with Gasteiger partial charge in [-0.1, -0.05) is 6.07 Å². The predicted octanol–water partition coefficient (Wildman–Crippen LogP) is 2.99. The molecule has 2 rings (SSSR count). The minimum Gasteiger partial charge on any atom is -0.490 e. The Hall–Kier alpha value is -1.51. The van der Waals surface area contributed by atoms with Crippen LogP contribution in [0.1, 0.15) is 31.7 Å². The Balaban J connectivity index is 0.00000338. The number of ether oxygens (including phenoxy) is 1. The Morgan fingerprint density at radius 1 is 1.50 bits per heavy atom. The molecular formula is C17H26ClN3O4S. The molecule has 1 aromatic carbocycles. The molecule has 1 saturated heterocycles. The van der Waals surface area contributed by atoms with Crippen LogP contribution in [-0.4, -0.2) is 47.2 Å². The summed E-state index contributed by atoms with van der Waals surface area (Å²) < 4.78 is 5.00. The van der Waals surface area contributed by atoms with Gasteiger partial charge in [-0.3, -0.25) is 14.9 Å². The number of hydrogen-bond donors (Lipinski definition) is 1. The fourth-order valence-corrected chi connectivity index (χ4v) is 3.98. The highest BCUT2D eigenvalue weighted by Crippen LogP contribution is 2.29. The molecule has 26 heavy (non-hydrogen) atoms. The Morgan fingerprint density at radius 3 is 2.85 bits per heavy atom. The lowest BCUT2D eigenvalue weighted by atomic mass is 9.97. The number of nitrogens with zero attached hydrogens (tertiary/aromatic N) is 2. The van der Waals surface area contributed by atoms with Crippen LogP contribution in [0.5, 0.6) is 5.75 Å². The highest BCUT2D eigenvalue weighted by atomic mass is 35.5. The third-order valence-electron chi connectivity index (χ3n) is 4.41. The molecule has 1 amide bonds. The number of likely N-dealkylation sites (tertiary alicyclic amines) is 1. The summed E-state index contributed by atoms with van der Waals surface area (Å²) in [6.45, 7) is 2.71. The van der Waals surface area contributed by atoms with Crippen LogP contribution in [0.4, 0.5) is 5.69 Å². The molecule has 1 aliphatic rings. The fourth-order valence-electron chi connectivity index (χ4n) is 3.12. The molecule has 9 heteroatoms. The van der Waals surface area contributed by atoms with E-state index in [1.54, 1.807) is 12.1 Å². The maximum atomic E-state index is 12.5. The topological polar surface area (TPSA) is 98.7 Å². The number of halogens is 1. The van der Waals surface area contributed by atoms with Gasteiger partial charge < -0.3 is 15.4 Å². The minimum absolute atomic E-state index is 0. The monoisotopic (exact) mass is 403 g/mol. The number of nitro groups is 1. The molecule has 0 bridgehead atoms. The van der Waals surface area contributed by atoms with Gasteiger partial charge in [0.2, 0.25) is 5.91 Å². The third kappa shape index (κ3) is 5.75. The normalized spacial score (nSPS) is 18.0. The van der Waals surface area contributed by atoms with E-state index in [-0.39, 0.29) is 41.8 Å². The molecule has 0 radical (unpaired) electrons. The van der Waals surface area contributed by atoms with Gasteiger partial charge >= 0.3 is 5.69 Å². The smallest absolute Gasteiger partial charge is 0.311 e. The molecule has 7 nitrogen and oxygen atoms in total. The molecule has 2 N–H and O–H groups in total. The molecule has 1 aromatic rings. The Bertz CT molecular complexity index is 630. The number of methoxy groups -OCH3 is 1. The zero-order valence-electron chi connectivity index (χ0n) is 15.1. The second-order valence-electron chi connectivity index (χ2n) is 6.27. The minimum atomic E-state index is -0.459. The number of rotatable bonds is 7. The molecular weight excluding hydrogens is 378 g/mol. The van der Waals surface area contributed by atoms with Crippen LogP contribution in [0.2, 0.25) is 0 Å². The van der Waals surface area contributed by atoms with Gasteiger partial charge in [0, 0.05) is 30.4 Å². The Labute approximate surface area is 164 Å². The summed E-state index contributed by atoms with van der Waals surface area (Å²) in [7, 11) is 1.41. The number of carbonyl (C=O) groups is 1. The van der Waals surface area contributed by atoms with Crippen LogP contribution in [0.15, 0.2) is 18.2 Å². The number of amides is 1. The number of carbonyl (C=O) groups excluding carboxylic acids is 1. The summed E-state index contributed by atoms with van der Waals surface area (Å²) in [6.07, 6.45) is 3.09. The van der Waals surface area contributed by atoms with E-state index in [9.17, 15) is 14.9 Å². The van der Waals surface area contributed by atoms with Crippen LogP contribution in [0.3, 0.4) is 0 Å².